The summed E-state index contributed by atoms with van der Waals surface area (Å²) in [4.78, 5) is 24.1. The molecule has 0 aliphatic rings. The Bertz CT molecular complexity index is 631. The highest BCUT2D eigenvalue weighted by molar-refractivity contribution is 6.38. The minimum absolute atomic E-state index is 0.434. The molecule has 2 aromatic rings. The summed E-state index contributed by atoms with van der Waals surface area (Å²) in [6.45, 7) is 7.41. The first kappa shape index (κ1) is 15.8. The summed E-state index contributed by atoms with van der Waals surface area (Å²) in [5.74, 6) is -1.26. The number of aryl methyl sites for hydroxylation is 4. The van der Waals surface area contributed by atoms with E-state index in [0.717, 1.165) is 22.3 Å². The molecule has 2 rings (SSSR count). The second-order valence-corrected chi connectivity index (χ2v) is 5.33. The summed E-state index contributed by atoms with van der Waals surface area (Å²) in [5.41, 5.74) is 4.06. The van der Waals surface area contributed by atoms with Crippen molar-refractivity contribution in [1.29, 1.82) is 0 Å². The van der Waals surface area contributed by atoms with E-state index in [4.69, 9.17) is 4.74 Å². The average molecular weight is 297 g/mol. The molecule has 0 unspecified atom stereocenters. The first-order valence-electron chi connectivity index (χ1n) is 7.05. The Balaban J connectivity index is 2.15. The van der Waals surface area contributed by atoms with Crippen molar-refractivity contribution >= 4 is 17.6 Å². The molecule has 0 aliphatic heterocycles. The SMILES string of the molecule is Cc1cccc(C)c1NC(=O)C(=O)Oc1c(C)cccc1C. The molecule has 0 fully saturated rings. The Morgan fingerprint density at radius 3 is 1.77 bits per heavy atom. The van der Waals surface area contributed by atoms with Gasteiger partial charge in [-0.1, -0.05) is 36.4 Å². The largest absolute Gasteiger partial charge is 0.419 e. The van der Waals surface area contributed by atoms with Crippen LogP contribution in [0.5, 0.6) is 5.75 Å². The second kappa shape index (κ2) is 6.43. The predicted molar refractivity (Wildman–Crippen MR) is 86.1 cm³/mol. The topological polar surface area (TPSA) is 55.4 Å². The molecule has 0 spiro atoms. The van der Waals surface area contributed by atoms with Crippen LogP contribution in [0, 0.1) is 27.7 Å². The van der Waals surface area contributed by atoms with Crippen LogP contribution in [0.4, 0.5) is 5.69 Å². The van der Waals surface area contributed by atoms with Gasteiger partial charge in [0.2, 0.25) is 0 Å². The zero-order valence-electron chi connectivity index (χ0n) is 13.2. The Labute approximate surface area is 130 Å². The molecule has 22 heavy (non-hydrogen) atoms. The fraction of sp³-hybridized carbons (Fsp3) is 0.222. The lowest BCUT2D eigenvalue weighted by molar-refractivity contribution is -0.145. The van der Waals surface area contributed by atoms with Crippen LogP contribution in [0.25, 0.3) is 0 Å². The Morgan fingerprint density at radius 1 is 0.818 bits per heavy atom. The number of anilines is 1. The zero-order chi connectivity index (χ0) is 16.3. The van der Waals surface area contributed by atoms with Gasteiger partial charge in [-0.05, 0) is 49.9 Å². The maximum Gasteiger partial charge on any atom is 0.402 e. The van der Waals surface area contributed by atoms with Crippen molar-refractivity contribution in [2.24, 2.45) is 0 Å². The highest BCUT2D eigenvalue weighted by atomic mass is 16.5. The van der Waals surface area contributed by atoms with Crippen molar-refractivity contribution in [3.63, 3.8) is 0 Å². The second-order valence-electron chi connectivity index (χ2n) is 5.33. The lowest BCUT2D eigenvalue weighted by Gasteiger charge is -2.12. The van der Waals surface area contributed by atoms with Gasteiger partial charge in [-0.15, -0.1) is 0 Å². The lowest BCUT2D eigenvalue weighted by Crippen LogP contribution is -2.28. The van der Waals surface area contributed by atoms with Crippen LogP contribution in [0.2, 0.25) is 0 Å². The van der Waals surface area contributed by atoms with Gasteiger partial charge in [0.15, 0.2) is 0 Å². The molecule has 1 N–H and O–H groups in total. The van der Waals surface area contributed by atoms with E-state index in [2.05, 4.69) is 5.32 Å². The number of benzene rings is 2. The van der Waals surface area contributed by atoms with Crippen LogP contribution in [-0.4, -0.2) is 11.9 Å². The fourth-order valence-electron chi connectivity index (χ4n) is 2.28. The third-order valence-corrected chi connectivity index (χ3v) is 3.51. The summed E-state index contributed by atoms with van der Waals surface area (Å²) in [6, 6.07) is 11.2. The van der Waals surface area contributed by atoms with E-state index in [1.807, 2.05) is 64.1 Å². The molecule has 0 aliphatic carbocycles. The molecule has 0 atom stereocenters. The smallest absolute Gasteiger partial charge is 0.402 e. The summed E-state index contributed by atoms with van der Waals surface area (Å²) in [5, 5.41) is 2.62. The lowest BCUT2D eigenvalue weighted by atomic mass is 10.1. The summed E-state index contributed by atoms with van der Waals surface area (Å²) < 4.78 is 5.24. The van der Waals surface area contributed by atoms with Gasteiger partial charge in [-0.3, -0.25) is 4.79 Å². The van der Waals surface area contributed by atoms with Crippen LogP contribution >= 0.6 is 0 Å². The molecule has 4 heteroatoms. The Kier molecular flexibility index (Phi) is 4.61. The van der Waals surface area contributed by atoms with E-state index in [9.17, 15) is 9.59 Å². The zero-order valence-corrected chi connectivity index (χ0v) is 13.2. The van der Waals surface area contributed by atoms with Crippen molar-refractivity contribution in [2.75, 3.05) is 5.32 Å². The molecular formula is C18H19NO3. The van der Waals surface area contributed by atoms with Gasteiger partial charge in [0, 0.05) is 5.69 Å². The van der Waals surface area contributed by atoms with E-state index < -0.39 is 11.9 Å². The van der Waals surface area contributed by atoms with Gasteiger partial charge in [0.25, 0.3) is 0 Å². The summed E-state index contributed by atoms with van der Waals surface area (Å²) in [6.07, 6.45) is 0. The molecule has 0 saturated carbocycles. The van der Waals surface area contributed by atoms with Crippen molar-refractivity contribution in [3.05, 3.63) is 58.7 Å². The Hall–Kier alpha value is -2.62. The predicted octanol–water partition coefficient (Wildman–Crippen LogP) is 3.46. The van der Waals surface area contributed by atoms with Gasteiger partial charge in [-0.25, -0.2) is 4.79 Å². The normalized spacial score (nSPS) is 10.2. The molecule has 0 bridgehead atoms. The van der Waals surface area contributed by atoms with Crippen LogP contribution < -0.4 is 10.1 Å². The van der Waals surface area contributed by atoms with Crippen molar-refractivity contribution in [3.8, 4) is 5.75 Å². The fourth-order valence-corrected chi connectivity index (χ4v) is 2.28. The van der Waals surface area contributed by atoms with Gasteiger partial charge in [0.1, 0.15) is 5.75 Å². The third-order valence-electron chi connectivity index (χ3n) is 3.51. The van der Waals surface area contributed by atoms with Crippen LogP contribution in [0.15, 0.2) is 36.4 Å². The quantitative estimate of drug-likeness (QED) is 0.524. The maximum atomic E-state index is 12.1. The summed E-state index contributed by atoms with van der Waals surface area (Å²) >= 11 is 0. The molecule has 0 heterocycles. The molecule has 0 radical (unpaired) electrons. The number of amides is 1. The van der Waals surface area contributed by atoms with Crippen molar-refractivity contribution in [1.82, 2.24) is 0 Å². The highest BCUT2D eigenvalue weighted by Crippen LogP contribution is 2.23. The third kappa shape index (κ3) is 3.34. The summed E-state index contributed by atoms with van der Waals surface area (Å²) in [7, 11) is 0. The van der Waals surface area contributed by atoms with Crippen molar-refractivity contribution in [2.45, 2.75) is 27.7 Å². The number of nitrogens with one attached hydrogen (secondary N) is 1. The van der Waals surface area contributed by atoms with E-state index in [-0.39, 0.29) is 0 Å². The number of ether oxygens (including phenoxy) is 1. The number of carbonyl (C=O) groups excluding carboxylic acids is 2. The molecule has 0 aromatic heterocycles. The molecule has 0 saturated heterocycles. The number of esters is 1. The van der Waals surface area contributed by atoms with E-state index in [1.165, 1.54) is 0 Å². The van der Waals surface area contributed by atoms with Crippen LogP contribution in [0.1, 0.15) is 22.3 Å². The number of carbonyl (C=O) groups is 2. The van der Waals surface area contributed by atoms with Gasteiger partial charge in [0.05, 0.1) is 0 Å². The monoisotopic (exact) mass is 297 g/mol. The van der Waals surface area contributed by atoms with Crippen molar-refractivity contribution < 1.29 is 14.3 Å². The molecular weight excluding hydrogens is 278 g/mol. The van der Waals surface area contributed by atoms with E-state index in [0.29, 0.717) is 11.4 Å². The van der Waals surface area contributed by atoms with Gasteiger partial charge < -0.3 is 10.1 Å². The van der Waals surface area contributed by atoms with Crippen LogP contribution in [0.3, 0.4) is 0 Å². The number of para-hydroxylation sites is 2. The Morgan fingerprint density at radius 2 is 1.27 bits per heavy atom. The number of hydrogen-bond donors (Lipinski definition) is 1. The first-order chi connectivity index (χ1) is 10.4. The average Bonchev–Trinajstić information content (AvgIpc) is 2.46. The van der Waals surface area contributed by atoms with Crippen LogP contribution in [-0.2, 0) is 9.59 Å². The minimum Gasteiger partial charge on any atom is -0.419 e. The molecule has 2 aromatic carbocycles. The van der Waals surface area contributed by atoms with Gasteiger partial charge >= 0.3 is 11.9 Å². The standard InChI is InChI=1S/C18H19NO3/c1-11-7-5-8-12(2)15(11)19-17(20)18(21)22-16-13(3)9-6-10-14(16)4/h5-10H,1-4H3,(H,19,20). The molecule has 4 nitrogen and oxygen atoms in total. The molecule has 114 valence electrons. The maximum absolute atomic E-state index is 12.1. The molecule has 1 amide bonds. The highest BCUT2D eigenvalue weighted by Gasteiger charge is 2.19. The minimum atomic E-state index is -0.917. The van der Waals surface area contributed by atoms with E-state index in [1.54, 1.807) is 0 Å². The van der Waals surface area contributed by atoms with E-state index >= 15 is 0 Å². The first-order valence-corrected chi connectivity index (χ1v) is 7.05. The number of hydrogen-bond acceptors (Lipinski definition) is 3. The van der Waals surface area contributed by atoms with Gasteiger partial charge in [-0.2, -0.15) is 0 Å². The number of rotatable bonds is 2.